The first kappa shape index (κ1) is 17.5. The van der Waals surface area contributed by atoms with E-state index in [4.69, 9.17) is 4.42 Å². The van der Waals surface area contributed by atoms with Crippen LogP contribution in [-0.4, -0.2) is 36.5 Å². The van der Waals surface area contributed by atoms with Gasteiger partial charge in [0.05, 0.1) is 12.7 Å². The van der Waals surface area contributed by atoms with Crippen LogP contribution in [0.2, 0.25) is 0 Å². The van der Waals surface area contributed by atoms with Crippen molar-refractivity contribution < 1.29 is 4.42 Å². The fourth-order valence-corrected chi connectivity index (χ4v) is 2.81. The number of rotatable bonds is 5. The summed E-state index contributed by atoms with van der Waals surface area (Å²) in [5.41, 5.74) is -0.0234. The number of nitrogens with one attached hydrogen (secondary N) is 1. The second-order valence-corrected chi connectivity index (χ2v) is 7.55. The van der Waals surface area contributed by atoms with E-state index in [2.05, 4.69) is 58.5 Å². The summed E-state index contributed by atoms with van der Waals surface area (Å²) in [4.78, 5) is 12.2. The fourth-order valence-electron chi connectivity index (χ4n) is 2.12. The second kappa shape index (κ2) is 7.64. The molecule has 0 amide bonds. The molecule has 0 saturated carbocycles. The van der Waals surface area contributed by atoms with Crippen molar-refractivity contribution in [2.24, 2.45) is 4.99 Å². The van der Waals surface area contributed by atoms with Crippen LogP contribution in [0.1, 0.15) is 37.3 Å². The number of guanidine groups is 1. The van der Waals surface area contributed by atoms with E-state index in [1.54, 1.807) is 24.6 Å². The van der Waals surface area contributed by atoms with Crippen molar-refractivity contribution >= 4 is 17.3 Å². The first-order valence-electron chi connectivity index (χ1n) is 7.79. The number of hydrogen-bond acceptors (Lipinski definition) is 4. The smallest absolute Gasteiger partial charge is 0.213 e. The molecule has 0 spiro atoms. The highest BCUT2D eigenvalue weighted by molar-refractivity contribution is 7.09. The molecule has 0 saturated heterocycles. The highest BCUT2D eigenvalue weighted by Gasteiger charge is 2.19. The van der Waals surface area contributed by atoms with Gasteiger partial charge in [-0.05, 0) is 17.9 Å². The Morgan fingerprint density at radius 3 is 2.78 bits per heavy atom. The third-order valence-corrected chi connectivity index (χ3v) is 4.47. The average Bonchev–Trinajstić information content (AvgIpc) is 3.16. The summed E-state index contributed by atoms with van der Waals surface area (Å²) in [5.74, 6) is 2.43. The zero-order valence-corrected chi connectivity index (χ0v) is 15.4. The number of aliphatic imine (C=N–C) groups is 1. The van der Waals surface area contributed by atoms with E-state index in [9.17, 15) is 0 Å². The first-order valence-corrected chi connectivity index (χ1v) is 8.67. The third-order valence-electron chi connectivity index (χ3n) is 3.54. The van der Waals surface area contributed by atoms with Crippen LogP contribution in [0.5, 0.6) is 0 Å². The van der Waals surface area contributed by atoms with E-state index in [1.807, 2.05) is 7.05 Å². The molecule has 0 aliphatic heterocycles. The highest BCUT2D eigenvalue weighted by atomic mass is 32.1. The van der Waals surface area contributed by atoms with Crippen molar-refractivity contribution in [3.05, 3.63) is 40.2 Å². The SMILES string of the molecule is CN=C(NCc1ncc(C(C)(C)C)o1)N(C)CCc1cccs1. The van der Waals surface area contributed by atoms with Gasteiger partial charge in [-0.1, -0.05) is 26.8 Å². The number of likely N-dealkylation sites (N-methyl/N-ethyl adjacent to an activating group) is 1. The van der Waals surface area contributed by atoms with Crippen LogP contribution in [0.4, 0.5) is 0 Å². The molecule has 23 heavy (non-hydrogen) atoms. The van der Waals surface area contributed by atoms with Crippen LogP contribution in [0, 0.1) is 0 Å². The summed E-state index contributed by atoms with van der Waals surface area (Å²) >= 11 is 1.79. The molecule has 1 N–H and O–H groups in total. The van der Waals surface area contributed by atoms with E-state index >= 15 is 0 Å². The van der Waals surface area contributed by atoms with Crippen molar-refractivity contribution in [1.82, 2.24) is 15.2 Å². The zero-order valence-electron chi connectivity index (χ0n) is 14.6. The predicted molar refractivity (Wildman–Crippen MR) is 96.1 cm³/mol. The van der Waals surface area contributed by atoms with Gasteiger partial charge >= 0.3 is 0 Å². The first-order chi connectivity index (χ1) is 10.9. The monoisotopic (exact) mass is 334 g/mol. The molecule has 0 fully saturated rings. The molecule has 0 aromatic carbocycles. The molecule has 0 aliphatic rings. The Kier molecular flexibility index (Phi) is 5.82. The van der Waals surface area contributed by atoms with Gasteiger partial charge in [-0.25, -0.2) is 4.98 Å². The summed E-state index contributed by atoms with van der Waals surface area (Å²) in [6.45, 7) is 7.79. The van der Waals surface area contributed by atoms with E-state index in [0.717, 1.165) is 24.7 Å². The van der Waals surface area contributed by atoms with E-state index in [0.29, 0.717) is 12.4 Å². The molecule has 2 rings (SSSR count). The summed E-state index contributed by atoms with van der Waals surface area (Å²) in [7, 11) is 3.83. The molecule has 6 heteroatoms. The molecule has 2 aromatic heterocycles. The lowest BCUT2D eigenvalue weighted by Crippen LogP contribution is -2.39. The van der Waals surface area contributed by atoms with Gasteiger partial charge in [0.25, 0.3) is 0 Å². The lowest BCUT2D eigenvalue weighted by Gasteiger charge is -2.21. The number of hydrogen-bond donors (Lipinski definition) is 1. The molecule has 2 heterocycles. The Bertz CT molecular complexity index is 625. The molecule has 126 valence electrons. The van der Waals surface area contributed by atoms with Gasteiger partial charge in [0.15, 0.2) is 5.96 Å². The van der Waals surface area contributed by atoms with Crippen LogP contribution < -0.4 is 5.32 Å². The summed E-state index contributed by atoms with van der Waals surface area (Å²) in [6.07, 6.45) is 2.82. The van der Waals surface area contributed by atoms with Gasteiger partial charge < -0.3 is 14.6 Å². The molecular weight excluding hydrogens is 308 g/mol. The molecular formula is C17H26N4OS. The van der Waals surface area contributed by atoms with Crippen LogP contribution in [0.25, 0.3) is 0 Å². The lowest BCUT2D eigenvalue weighted by atomic mass is 9.94. The third kappa shape index (κ3) is 5.10. The van der Waals surface area contributed by atoms with Gasteiger partial charge in [-0.2, -0.15) is 0 Å². The highest BCUT2D eigenvalue weighted by Crippen LogP contribution is 2.22. The number of oxazole rings is 1. The van der Waals surface area contributed by atoms with Crippen LogP contribution >= 0.6 is 11.3 Å². The van der Waals surface area contributed by atoms with Gasteiger partial charge in [-0.15, -0.1) is 11.3 Å². The van der Waals surface area contributed by atoms with Crippen LogP contribution in [0.3, 0.4) is 0 Å². The summed E-state index contributed by atoms with van der Waals surface area (Å²) in [6, 6.07) is 4.25. The maximum atomic E-state index is 5.80. The van der Waals surface area contributed by atoms with Gasteiger partial charge in [0, 0.05) is 30.9 Å². The van der Waals surface area contributed by atoms with Gasteiger partial charge in [0.1, 0.15) is 5.76 Å². The minimum Gasteiger partial charge on any atom is -0.443 e. The van der Waals surface area contributed by atoms with Crippen molar-refractivity contribution in [1.29, 1.82) is 0 Å². The van der Waals surface area contributed by atoms with Crippen molar-refractivity contribution in [2.75, 3.05) is 20.6 Å². The van der Waals surface area contributed by atoms with Crippen molar-refractivity contribution in [2.45, 2.75) is 39.2 Å². The molecule has 5 nitrogen and oxygen atoms in total. The molecule has 0 atom stereocenters. The van der Waals surface area contributed by atoms with Crippen molar-refractivity contribution in [3.8, 4) is 0 Å². The van der Waals surface area contributed by atoms with Crippen molar-refractivity contribution in [3.63, 3.8) is 0 Å². The summed E-state index contributed by atoms with van der Waals surface area (Å²) < 4.78 is 5.80. The van der Waals surface area contributed by atoms with Crippen LogP contribution in [0.15, 0.2) is 33.1 Å². The lowest BCUT2D eigenvalue weighted by molar-refractivity contribution is 0.377. The fraction of sp³-hybridized carbons (Fsp3) is 0.529. The largest absolute Gasteiger partial charge is 0.443 e. The molecule has 0 radical (unpaired) electrons. The van der Waals surface area contributed by atoms with Gasteiger partial charge in [0.2, 0.25) is 5.89 Å². The number of nitrogens with zero attached hydrogens (tertiary/aromatic N) is 3. The standard InChI is InChI=1S/C17H26N4OS/c1-17(2,3)14-11-19-15(22-14)12-20-16(18-4)21(5)9-8-13-7-6-10-23-13/h6-7,10-11H,8-9,12H2,1-5H3,(H,18,20). The summed E-state index contributed by atoms with van der Waals surface area (Å²) in [5, 5.41) is 5.41. The Balaban J connectivity index is 1.85. The second-order valence-electron chi connectivity index (χ2n) is 6.52. The Hall–Kier alpha value is -1.82. The topological polar surface area (TPSA) is 53.7 Å². The molecule has 0 aliphatic carbocycles. The Morgan fingerprint density at radius 2 is 2.22 bits per heavy atom. The predicted octanol–water partition coefficient (Wildman–Crippen LogP) is 3.28. The maximum Gasteiger partial charge on any atom is 0.213 e. The minimum atomic E-state index is -0.0234. The quantitative estimate of drug-likeness (QED) is 0.673. The van der Waals surface area contributed by atoms with E-state index in [-0.39, 0.29) is 5.41 Å². The Morgan fingerprint density at radius 1 is 1.43 bits per heavy atom. The maximum absolute atomic E-state index is 5.80. The number of aromatic nitrogens is 1. The molecule has 2 aromatic rings. The average molecular weight is 334 g/mol. The van der Waals surface area contributed by atoms with E-state index < -0.39 is 0 Å². The Labute approximate surface area is 142 Å². The molecule has 0 bridgehead atoms. The van der Waals surface area contributed by atoms with Gasteiger partial charge in [-0.3, -0.25) is 4.99 Å². The minimum absolute atomic E-state index is 0.0234. The van der Waals surface area contributed by atoms with E-state index in [1.165, 1.54) is 4.88 Å². The molecule has 0 unspecified atom stereocenters. The van der Waals surface area contributed by atoms with Crippen LogP contribution in [-0.2, 0) is 18.4 Å². The number of thiophene rings is 1. The normalized spacial score (nSPS) is 12.5. The zero-order chi connectivity index (χ0) is 16.9.